The molecule has 4 unspecified atom stereocenters. The van der Waals surface area contributed by atoms with Crippen LogP contribution in [0.4, 0.5) is 0 Å². The highest BCUT2D eigenvalue weighted by molar-refractivity contribution is 6.29. The van der Waals surface area contributed by atoms with Gasteiger partial charge in [0.2, 0.25) is 0 Å². The second kappa shape index (κ2) is 2.70. The lowest BCUT2D eigenvalue weighted by Crippen LogP contribution is -2.33. The Morgan fingerprint density at radius 3 is 2.00 bits per heavy atom. The number of carbonyl (C=O) groups excluding carboxylic acids is 2. The fourth-order valence-corrected chi connectivity index (χ4v) is 2.75. The summed E-state index contributed by atoms with van der Waals surface area (Å²) < 4.78 is 10.0. The topological polar surface area (TPSA) is 64.6 Å². The zero-order valence-corrected chi connectivity index (χ0v) is 7.56. The molecule has 0 aromatic carbocycles. The van der Waals surface area contributed by atoms with Crippen LogP contribution in [0.5, 0.6) is 0 Å². The predicted molar refractivity (Wildman–Crippen MR) is 43.7 cm³/mol. The number of nitrogens with one attached hydrogen (secondary N) is 1. The molecule has 0 aromatic heterocycles. The third-order valence-corrected chi connectivity index (χ3v) is 3.37. The van der Waals surface area contributed by atoms with Crippen LogP contribution in [0, 0.1) is 11.8 Å². The van der Waals surface area contributed by atoms with Crippen molar-refractivity contribution >= 4 is 11.9 Å². The normalized spacial score (nSPS) is 45.4. The maximum absolute atomic E-state index is 11.1. The molecule has 14 heavy (non-hydrogen) atoms. The summed E-state index contributed by atoms with van der Waals surface area (Å²) in [5.74, 6) is -1.07. The minimum Gasteiger partial charge on any atom is -0.438 e. The molecule has 3 rings (SSSR count). The first kappa shape index (κ1) is 8.23. The standard InChI is InChI=1S/C9H11NO4/c11-8-9(12)14-7-5-3-1-2-4(5)6(10-7)13-8/h4-7,10H,1-3H2. The van der Waals surface area contributed by atoms with E-state index < -0.39 is 11.9 Å². The molecule has 1 aliphatic carbocycles. The lowest BCUT2D eigenvalue weighted by molar-refractivity contribution is -0.173. The second-order valence-electron chi connectivity index (χ2n) is 4.08. The van der Waals surface area contributed by atoms with Crippen LogP contribution >= 0.6 is 0 Å². The van der Waals surface area contributed by atoms with E-state index in [0.717, 1.165) is 19.3 Å². The summed E-state index contributed by atoms with van der Waals surface area (Å²) >= 11 is 0. The highest BCUT2D eigenvalue weighted by Crippen LogP contribution is 2.42. The van der Waals surface area contributed by atoms with Gasteiger partial charge in [-0.05, 0) is 12.8 Å². The van der Waals surface area contributed by atoms with Gasteiger partial charge in [0.05, 0.1) is 0 Å². The Kier molecular flexibility index (Phi) is 1.58. The molecule has 1 N–H and O–H groups in total. The smallest absolute Gasteiger partial charge is 0.419 e. The van der Waals surface area contributed by atoms with Gasteiger partial charge in [0.25, 0.3) is 0 Å². The molecule has 2 bridgehead atoms. The largest absolute Gasteiger partial charge is 0.438 e. The number of hydrogen-bond acceptors (Lipinski definition) is 5. The summed E-state index contributed by atoms with van der Waals surface area (Å²) in [6, 6.07) is 0. The predicted octanol–water partition coefficient (Wildman–Crippen LogP) is -0.242. The van der Waals surface area contributed by atoms with Gasteiger partial charge in [-0.3, -0.25) is 0 Å². The van der Waals surface area contributed by atoms with Crippen LogP contribution in [0.25, 0.3) is 0 Å². The first-order valence-electron chi connectivity index (χ1n) is 4.93. The highest BCUT2D eigenvalue weighted by atomic mass is 16.6. The summed E-state index contributed by atoms with van der Waals surface area (Å²) in [6.07, 6.45) is 2.59. The van der Waals surface area contributed by atoms with E-state index in [0.29, 0.717) is 11.8 Å². The first-order chi connectivity index (χ1) is 6.75. The van der Waals surface area contributed by atoms with Crippen molar-refractivity contribution < 1.29 is 19.1 Å². The fraction of sp³-hybridized carbons (Fsp3) is 0.778. The van der Waals surface area contributed by atoms with Crippen LogP contribution in [0.1, 0.15) is 19.3 Å². The molecule has 3 fully saturated rings. The molecular weight excluding hydrogens is 186 g/mol. The number of hydrogen-bond donors (Lipinski definition) is 1. The lowest BCUT2D eigenvalue weighted by atomic mass is 9.98. The fourth-order valence-electron chi connectivity index (χ4n) is 2.75. The zero-order valence-electron chi connectivity index (χ0n) is 7.56. The van der Waals surface area contributed by atoms with Crippen molar-refractivity contribution in [3.8, 4) is 0 Å². The van der Waals surface area contributed by atoms with Crippen molar-refractivity contribution in [2.24, 2.45) is 11.8 Å². The molecule has 1 saturated carbocycles. The molecule has 2 heterocycles. The number of rotatable bonds is 0. The molecule has 3 aliphatic rings. The average molecular weight is 197 g/mol. The number of esters is 2. The number of ether oxygens (including phenoxy) is 2. The minimum atomic E-state index is -0.865. The maximum Gasteiger partial charge on any atom is 0.419 e. The summed E-state index contributed by atoms with van der Waals surface area (Å²) in [6.45, 7) is 0. The Morgan fingerprint density at radius 1 is 1.00 bits per heavy atom. The van der Waals surface area contributed by atoms with Gasteiger partial charge in [-0.1, -0.05) is 6.42 Å². The minimum absolute atomic E-state index is 0.313. The molecule has 5 heteroatoms. The Hall–Kier alpha value is -1.10. The van der Waals surface area contributed by atoms with Crippen molar-refractivity contribution in [1.29, 1.82) is 0 Å². The van der Waals surface area contributed by atoms with E-state index >= 15 is 0 Å². The summed E-state index contributed by atoms with van der Waals surface area (Å²) in [5.41, 5.74) is 0. The van der Waals surface area contributed by atoms with Gasteiger partial charge in [0.15, 0.2) is 12.5 Å². The van der Waals surface area contributed by atoms with Crippen LogP contribution in [-0.2, 0) is 19.1 Å². The molecule has 76 valence electrons. The van der Waals surface area contributed by atoms with Crippen molar-refractivity contribution in [3.05, 3.63) is 0 Å². The van der Waals surface area contributed by atoms with Gasteiger partial charge < -0.3 is 9.47 Å². The van der Waals surface area contributed by atoms with Crippen LogP contribution in [0.2, 0.25) is 0 Å². The molecule has 0 aromatic rings. The third-order valence-electron chi connectivity index (χ3n) is 3.37. The second-order valence-corrected chi connectivity index (χ2v) is 4.08. The van der Waals surface area contributed by atoms with Gasteiger partial charge in [-0.15, -0.1) is 0 Å². The first-order valence-corrected chi connectivity index (χ1v) is 4.93. The summed E-state index contributed by atoms with van der Waals surface area (Å²) in [4.78, 5) is 22.1. The van der Waals surface area contributed by atoms with Crippen LogP contribution < -0.4 is 5.32 Å². The molecule has 2 aliphatic heterocycles. The van der Waals surface area contributed by atoms with E-state index in [1.165, 1.54) is 0 Å². The van der Waals surface area contributed by atoms with Gasteiger partial charge in [-0.25, -0.2) is 14.9 Å². The van der Waals surface area contributed by atoms with Crippen molar-refractivity contribution in [2.45, 2.75) is 31.7 Å². The Bertz CT molecular complexity index is 275. The van der Waals surface area contributed by atoms with Gasteiger partial charge in [-0.2, -0.15) is 0 Å². The quantitative estimate of drug-likeness (QED) is 0.429. The molecule has 0 radical (unpaired) electrons. The van der Waals surface area contributed by atoms with E-state index in [9.17, 15) is 9.59 Å². The SMILES string of the molecule is O=C1OC2NC(OC1=O)C1CCCC21. The van der Waals surface area contributed by atoms with Gasteiger partial charge in [0, 0.05) is 11.8 Å². The van der Waals surface area contributed by atoms with Gasteiger partial charge >= 0.3 is 11.9 Å². The monoisotopic (exact) mass is 197 g/mol. The lowest BCUT2D eigenvalue weighted by Gasteiger charge is -2.19. The Labute approximate surface area is 80.7 Å². The molecule has 4 atom stereocenters. The third kappa shape index (κ3) is 0.987. The molecule has 5 nitrogen and oxygen atoms in total. The van der Waals surface area contributed by atoms with E-state index in [4.69, 9.17) is 9.47 Å². The van der Waals surface area contributed by atoms with E-state index in [2.05, 4.69) is 5.32 Å². The van der Waals surface area contributed by atoms with E-state index in [-0.39, 0.29) is 12.5 Å². The Balaban J connectivity index is 1.90. The van der Waals surface area contributed by atoms with Crippen LogP contribution in [-0.4, -0.2) is 24.4 Å². The molecule has 0 amide bonds. The van der Waals surface area contributed by atoms with Crippen molar-refractivity contribution in [3.63, 3.8) is 0 Å². The molecule has 2 saturated heterocycles. The number of carbonyl (C=O) groups is 2. The highest BCUT2D eigenvalue weighted by Gasteiger charge is 2.52. The van der Waals surface area contributed by atoms with Crippen LogP contribution in [0.15, 0.2) is 0 Å². The van der Waals surface area contributed by atoms with Crippen LogP contribution in [0.3, 0.4) is 0 Å². The summed E-state index contributed by atoms with van der Waals surface area (Å²) in [5, 5.41) is 3.03. The average Bonchev–Trinajstić information content (AvgIpc) is 2.67. The zero-order chi connectivity index (χ0) is 9.71. The summed E-state index contributed by atoms with van der Waals surface area (Å²) in [7, 11) is 0. The van der Waals surface area contributed by atoms with E-state index in [1.54, 1.807) is 0 Å². The molecule has 0 spiro atoms. The molecular formula is C9H11NO4. The maximum atomic E-state index is 11.1. The Morgan fingerprint density at radius 2 is 1.50 bits per heavy atom. The number of fused-ring (bicyclic) bond motifs is 5. The van der Waals surface area contributed by atoms with Crippen molar-refractivity contribution in [2.75, 3.05) is 0 Å². The van der Waals surface area contributed by atoms with E-state index in [1.807, 2.05) is 0 Å². The van der Waals surface area contributed by atoms with Gasteiger partial charge in [0.1, 0.15) is 0 Å². The van der Waals surface area contributed by atoms with Crippen molar-refractivity contribution in [1.82, 2.24) is 5.32 Å².